The van der Waals surface area contributed by atoms with Gasteiger partial charge in [0.25, 0.3) is 0 Å². The maximum absolute atomic E-state index is 14.3. The van der Waals surface area contributed by atoms with Gasteiger partial charge in [-0.25, -0.2) is 4.39 Å². The quantitative estimate of drug-likeness (QED) is 0.843. The lowest BCUT2D eigenvalue weighted by atomic mass is 9.76. The van der Waals surface area contributed by atoms with E-state index in [9.17, 15) is 4.39 Å². The molecule has 1 nitrogen and oxygen atoms in total. The monoisotopic (exact) mass is 249 g/mol. The SMILES string of the molecule is CNC(c1c(C)cc(C)cc1F)C1(C)CCCC1. The van der Waals surface area contributed by atoms with Gasteiger partial charge in [0.15, 0.2) is 0 Å². The molecule has 0 spiro atoms. The van der Waals surface area contributed by atoms with Crippen molar-refractivity contribution in [3.63, 3.8) is 0 Å². The predicted molar refractivity (Wildman–Crippen MR) is 74.2 cm³/mol. The summed E-state index contributed by atoms with van der Waals surface area (Å²) >= 11 is 0. The first-order valence-corrected chi connectivity index (χ1v) is 6.92. The third-order valence-electron chi connectivity index (χ3n) is 4.50. The van der Waals surface area contributed by atoms with Gasteiger partial charge >= 0.3 is 0 Å². The summed E-state index contributed by atoms with van der Waals surface area (Å²) < 4.78 is 14.3. The third-order valence-corrected chi connectivity index (χ3v) is 4.50. The summed E-state index contributed by atoms with van der Waals surface area (Å²) in [6, 6.07) is 3.87. The summed E-state index contributed by atoms with van der Waals surface area (Å²) in [4.78, 5) is 0. The van der Waals surface area contributed by atoms with E-state index in [0.29, 0.717) is 0 Å². The molecule has 1 aliphatic carbocycles. The average molecular weight is 249 g/mol. The largest absolute Gasteiger partial charge is 0.312 e. The van der Waals surface area contributed by atoms with Gasteiger partial charge in [0.2, 0.25) is 0 Å². The summed E-state index contributed by atoms with van der Waals surface area (Å²) in [6.07, 6.45) is 4.90. The van der Waals surface area contributed by atoms with Crippen LogP contribution in [-0.2, 0) is 0 Å². The van der Waals surface area contributed by atoms with E-state index in [-0.39, 0.29) is 17.3 Å². The Balaban J connectivity index is 2.45. The van der Waals surface area contributed by atoms with Gasteiger partial charge in [-0.1, -0.05) is 25.8 Å². The fourth-order valence-corrected chi connectivity index (χ4v) is 3.61. The number of rotatable bonds is 3. The molecule has 0 heterocycles. The van der Waals surface area contributed by atoms with E-state index in [1.54, 1.807) is 6.07 Å². The minimum absolute atomic E-state index is 0.0556. The number of nitrogens with one attached hydrogen (secondary N) is 1. The lowest BCUT2D eigenvalue weighted by molar-refractivity contribution is 0.228. The molecule has 1 fully saturated rings. The fraction of sp³-hybridized carbons (Fsp3) is 0.625. The minimum Gasteiger partial charge on any atom is -0.312 e. The van der Waals surface area contributed by atoms with Gasteiger partial charge < -0.3 is 5.32 Å². The molecule has 0 radical (unpaired) electrons. The molecule has 2 heteroatoms. The number of hydrogen-bond acceptors (Lipinski definition) is 1. The summed E-state index contributed by atoms with van der Waals surface area (Å²) in [5.74, 6) is -0.0556. The summed E-state index contributed by atoms with van der Waals surface area (Å²) in [7, 11) is 1.95. The van der Waals surface area contributed by atoms with Gasteiger partial charge in [-0.05, 0) is 56.3 Å². The normalized spacial score (nSPS) is 20.1. The Morgan fingerprint density at radius 1 is 1.22 bits per heavy atom. The molecule has 1 aromatic rings. The Hall–Kier alpha value is -0.890. The van der Waals surface area contributed by atoms with Crippen molar-refractivity contribution in [1.29, 1.82) is 0 Å². The molecule has 1 N–H and O–H groups in total. The molecule has 0 aromatic heterocycles. The van der Waals surface area contributed by atoms with Crippen LogP contribution < -0.4 is 5.32 Å². The van der Waals surface area contributed by atoms with Crippen LogP contribution in [0.25, 0.3) is 0 Å². The Bertz CT molecular complexity index is 410. The third kappa shape index (κ3) is 2.31. The van der Waals surface area contributed by atoms with Crippen LogP contribution in [0.2, 0.25) is 0 Å². The van der Waals surface area contributed by atoms with Crippen molar-refractivity contribution in [2.75, 3.05) is 7.05 Å². The minimum atomic E-state index is -0.0556. The Labute approximate surface area is 110 Å². The zero-order chi connectivity index (χ0) is 13.3. The van der Waals surface area contributed by atoms with E-state index in [2.05, 4.69) is 18.3 Å². The van der Waals surface area contributed by atoms with Crippen molar-refractivity contribution in [3.8, 4) is 0 Å². The van der Waals surface area contributed by atoms with Crippen LogP contribution >= 0.6 is 0 Å². The molecule has 100 valence electrons. The number of aryl methyl sites for hydroxylation is 2. The van der Waals surface area contributed by atoms with Crippen molar-refractivity contribution in [1.82, 2.24) is 5.32 Å². The number of hydrogen-bond donors (Lipinski definition) is 1. The van der Waals surface area contributed by atoms with E-state index in [4.69, 9.17) is 0 Å². The molecule has 1 unspecified atom stereocenters. The molecule has 1 aromatic carbocycles. The van der Waals surface area contributed by atoms with Gasteiger partial charge in [-0.3, -0.25) is 0 Å². The first kappa shape index (κ1) is 13.5. The van der Waals surface area contributed by atoms with Crippen LogP contribution in [0.15, 0.2) is 12.1 Å². The van der Waals surface area contributed by atoms with Crippen LogP contribution in [0.1, 0.15) is 55.3 Å². The highest BCUT2D eigenvalue weighted by Crippen LogP contribution is 2.48. The van der Waals surface area contributed by atoms with Gasteiger partial charge in [-0.2, -0.15) is 0 Å². The lowest BCUT2D eigenvalue weighted by Gasteiger charge is -2.35. The van der Waals surface area contributed by atoms with E-state index < -0.39 is 0 Å². The van der Waals surface area contributed by atoms with Crippen LogP contribution in [-0.4, -0.2) is 7.05 Å². The van der Waals surface area contributed by atoms with Gasteiger partial charge in [0, 0.05) is 11.6 Å². The summed E-state index contributed by atoms with van der Waals surface area (Å²) in [6.45, 7) is 6.26. The highest BCUT2D eigenvalue weighted by Gasteiger charge is 2.38. The van der Waals surface area contributed by atoms with Crippen molar-refractivity contribution in [2.24, 2.45) is 5.41 Å². The number of benzene rings is 1. The van der Waals surface area contributed by atoms with Crippen LogP contribution in [0, 0.1) is 25.1 Å². The van der Waals surface area contributed by atoms with Crippen LogP contribution in [0.5, 0.6) is 0 Å². The van der Waals surface area contributed by atoms with Gasteiger partial charge in [0.05, 0.1) is 0 Å². The Kier molecular flexibility index (Phi) is 3.76. The molecule has 0 aliphatic heterocycles. The first-order valence-electron chi connectivity index (χ1n) is 6.92. The van der Waals surface area contributed by atoms with Crippen molar-refractivity contribution >= 4 is 0 Å². The van der Waals surface area contributed by atoms with E-state index >= 15 is 0 Å². The average Bonchev–Trinajstić information content (AvgIpc) is 2.71. The Morgan fingerprint density at radius 3 is 2.33 bits per heavy atom. The topological polar surface area (TPSA) is 12.0 Å². The molecular formula is C16H24FN. The molecule has 0 bridgehead atoms. The molecular weight excluding hydrogens is 225 g/mol. The highest BCUT2D eigenvalue weighted by molar-refractivity contribution is 5.35. The van der Waals surface area contributed by atoms with E-state index in [1.165, 1.54) is 25.7 Å². The maximum Gasteiger partial charge on any atom is 0.128 e. The zero-order valence-electron chi connectivity index (χ0n) is 11.9. The predicted octanol–water partition coefficient (Wildman–Crippen LogP) is 4.28. The van der Waals surface area contributed by atoms with Crippen molar-refractivity contribution < 1.29 is 4.39 Å². The molecule has 0 saturated heterocycles. The van der Waals surface area contributed by atoms with Gasteiger partial charge in [0.1, 0.15) is 5.82 Å². The van der Waals surface area contributed by atoms with E-state index in [0.717, 1.165) is 16.7 Å². The molecule has 1 atom stereocenters. The van der Waals surface area contributed by atoms with Crippen LogP contribution in [0.4, 0.5) is 4.39 Å². The summed E-state index contributed by atoms with van der Waals surface area (Å²) in [5.41, 5.74) is 3.13. The lowest BCUT2D eigenvalue weighted by Crippen LogP contribution is -2.33. The second kappa shape index (κ2) is 5.00. The molecule has 0 amide bonds. The molecule has 18 heavy (non-hydrogen) atoms. The molecule has 2 rings (SSSR count). The second-order valence-corrected chi connectivity index (χ2v) is 6.06. The smallest absolute Gasteiger partial charge is 0.128 e. The second-order valence-electron chi connectivity index (χ2n) is 6.06. The maximum atomic E-state index is 14.3. The van der Waals surface area contributed by atoms with Crippen molar-refractivity contribution in [2.45, 2.75) is 52.5 Å². The zero-order valence-corrected chi connectivity index (χ0v) is 11.9. The molecule has 1 aliphatic rings. The summed E-state index contributed by atoms with van der Waals surface area (Å²) in [5, 5.41) is 3.36. The van der Waals surface area contributed by atoms with E-state index in [1.807, 2.05) is 20.9 Å². The first-order chi connectivity index (χ1) is 8.48. The number of halogens is 1. The fourth-order valence-electron chi connectivity index (χ4n) is 3.61. The Morgan fingerprint density at radius 2 is 1.83 bits per heavy atom. The van der Waals surface area contributed by atoms with Gasteiger partial charge in [-0.15, -0.1) is 0 Å². The highest BCUT2D eigenvalue weighted by atomic mass is 19.1. The van der Waals surface area contributed by atoms with Crippen LogP contribution in [0.3, 0.4) is 0 Å². The molecule has 1 saturated carbocycles. The van der Waals surface area contributed by atoms with Crippen molar-refractivity contribution in [3.05, 3.63) is 34.6 Å². The standard InChI is InChI=1S/C16H24FN/c1-11-9-12(2)14(13(17)10-11)15(18-4)16(3)7-5-6-8-16/h9-10,15,18H,5-8H2,1-4H3.